The molecule has 0 radical (unpaired) electrons. The van der Waals surface area contributed by atoms with E-state index in [0.29, 0.717) is 0 Å². The van der Waals surface area contributed by atoms with Crippen molar-refractivity contribution in [2.45, 2.75) is 0 Å². The Morgan fingerprint density at radius 3 is 1.75 bits per heavy atom. The molecule has 0 spiro atoms. The molecule has 1 rings (SSSR count). The Morgan fingerprint density at radius 2 is 1.50 bits per heavy atom. The topological polar surface area (TPSA) is 3.88 Å². The van der Waals surface area contributed by atoms with E-state index in [2.05, 4.69) is 9.39 Å². The van der Waals surface area contributed by atoms with Gasteiger partial charge in [-0.3, -0.25) is 0 Å². The molecular formula is C5H7NPRh+4. The minimum Gasteiger partial charge on any atom is -0.195 e. The number of nitrogens with zero attached hydrogens (tertiary/aromatic N) is 1. The van der Waals surface area contributed by atoms with Crippen molar-refractivity contribution in [1.29, 1.82) is 0 Å². The smallest absolute Gasteiger partial charge is 0.195 e. The van der Waals surface area contributed by atoms with Crippen LogP contribution in [0, 0.1) is 0 Å². The van der Waals surface area contributed by atoms with E-state index in [9.17, 15) is 0 Å². The van der Waals surface area contributed by atoms with Crippen molar-refractivity contribution in [1.82, 2.24) is 0 Å². The summed E-state index contributed by atoms with van der Waals surface area (Å²) >= 11 is 0. The predicted molar refractivity (Wildman–Crippen MR) is 31.7 cm³/mol. The normalized spacial score (nSPS) is 7.62. The number of hydrogen-bond acceptors (Lipinski definition) is 0. The number of hydrogen-bond donors (Lipinski definition) is 0. The van der Waals surface area contributed by atoms with Crippen LogP contribution in [0.4, 0.5) is 0 Å². The molecule has 1 heterocycles. The molecule has 0 N–H and O–H groups in total. The summed E-state index contributed by atoms with van der Waals surface area (Å²) in [6.07, 6.45) is 3.93. The van der Waals surface area contributed by atoms with Crippen molar-refractivity contribution >= 4 is 9.39 Å². The summed E-state index contributed by atoms with van der Waals surface area (Å²) < 4.78 is 1.92. The average Bonchev–Trinajstić information content (AvgIpc) is 1.69. The van der Waals surface area contributed by atoms with Gasteiger partial charge in [0.1, 0.15) is 0 Å². The zero-order valence-corrected chi connectivity index (χ0v) is 7.04. The summed E-state index contributed by atoms with van der Waals surface area (Å²) in [6, 6.07) is 5.94. The molecule has 1 atom stereocenters. The Bertz CT molecular complexity index is 142. The van der Waals surface area contributed by atoms with Crippen LogP contribution in [0.5, 0.6) is 0 Å². The molecule has 0 bridgehead atoms. The molecule has 1 aromatic rings. The van der Waals surface area contributed by atoms with Crippen LogP contribution in [-0.2, 0) is 19.5 Å². The maximum absolute atomic E-state index is 2.55. The third-order valence-corrected chi connectivity index (χ3v) is 1.08. The van der Waals surface area contributed by atoms with E-state index in [1.807, 2.05) is 34.9 Å². The largest absolute Gasteiger partial charge is 3.00 e. The Hall–Kier alpha value is 0.203. The van der Waals surface area contributed by atoms with E-state index in [1.54, 1.807) is 0 Å². The monoisotopic (exact) mass is 215 g/mol. The van der Waals surface area contributed by atoms with Gasteiger partial charge < -0.3 is 0 Å². The van der Waals surface area contributed by atoms with E-state index in [1.165, 1.54) is 0 Å². The molecule has 1 aromatic heterocycles. The van der Waals surface area contributed by atoms with Crippen molar-refractivity contribution in [2.24, 2.45) is 0 Å². The van der Waals surface area contributed by atoms with E-state index < -0.39 is 0 Å². The van der Waals surface area contributed by atoms with Crippen molar-refractivity contribution in [2.75, 3.05) is 0 Å². The van der Waals surface area contributed by atoms with Crippen LogP contribution in [0.2, 0.25) is 0 Å². The fourth-order valence-corrected chi connectivity index (χ4v) is 0.611. The zero-order chi connectivity index (χ0) is 5.11. The summed E-state index contributed by atoms with van der Waals surface area (Å²) in [7, 11) is 2.55. The van der Waals surface area contributed by atoms with Gasteiger partial charge in [-0.2, -0.15) is 4.34 Å². The second kappa shape index (κ2) is 4.12. The first-order valence-corrected chi connectivity index (χ1v) is 2.62. The molecule has 0 saturated heterocycles. The van der Waals surface area contributed by atoms with E-state index in [4.69, 9.17) is 0 Å². The van der Waals surface area contributed by atoms with Gasteiger partial charge in [-0.25, -0.2) is 0 Å². The van der Waals surface area contributed by atoms with Crippen LogP contribution in [-0.4, -0.2) is 0 Å². The minimum atomic E-state index is 0. The molecule has 0 fully saturated rings. The van der Waals surface area contributed by atoms with Gasteiger partial charge in [-0.1, -0.05) is 6.07 Å². The molecule has 0 saturated carbocycles. The summed E-state index contributed by atoms with van der Waals surface area (Å²) in [5.41, 5.74) is 0. The van der Waals surface area contributed by atoms with Crippen molar-refractivity contribution in [3.8, 4) is 0 Å². The van der Waals surface area contributed by atoms with Gasteiger partial charge in [0.2, 0.25) is 0 Å². The van der Waals surface area contributed by atoms with Crippen LogP contribution in [0.3, 0.4) is 0 Å². The van der Waals surface area contributed by atoms with Gasteiger partial charge in [0.25, 0.3) is 0 Å². The van der Waals surface area contributed by atoms with Gasteiger partial charge >= 0.3 is 19.5 Å². The number of rotatable bonds is 0. The van der Waals surface area contributed by atoms with Crippen molar-refractivity contribution in [3.05, 3.63) is 30.6 Å². The first kappa shape index (κ1) is 8.20. The summed E-state index contributed by atoms with van der Waals surface area (Å²) in [5.74, 6) is 0. The zero-order valence-electron chi connectivity index (χ0n) is 4.24. The second-order valence-corrected chi connectivity index (χ2v) is 1.92. The first-order valence-electron chi connectivity index (χ1n) is 2.11. The predicted octanol–water partition coefficient (Wildman–Crippen LogP) is 0.610. The van der Waals surface area contributed by atoms with Gasteiger partial charge in [-0.15, -0.1) is 0 Å². The van der Waals surface area contributed by atoms with E-state index in [-0.39, 0.29) is 19.5 Å². The summed E-state index contributed by atoms with van der Waals surface area (Å²) in [6.45, 7) is 0. The Labute approximate surface area is 64.1 Å². The number of pyridine rings is 1. The van der Waals surface area contributed by atoms with Crippen molar-refractivity contribution in [3.63, 3.8) is 0 Å². The Balaban J connectivity index is 0.000000490. The SMILES string of the molecule is P[n+]1ccccc1.[Rh+3]. The molecule has 0 amide bonds. The quantitative estimate of drug-likeness (QED) is 0.441. The minimum absolute atomic E-state index is 0. The molecule has 0 aliphatic carbocycles. The maximum Gasteiger partial charge on any atom is 3.00 e. The van der Waals surface area contributed by atoms with Crippen LogP contribution in [0.15, 0.2) is 30.6 Å². The standard InChI is InChI=1S/C5H7NP.Rh/c7-6-4-2-1-3-5-6;/h1-5H,7H2;/q+1;+3. The first-order chi connectivity index (χ1) is 3.39. The molecule has 1 nitrogen and oxygen atoms in total. The molecule has 3 heteroatoms. The second-order valence-electron chi connectivity index (χ2n) is 1.32. The molecular weight excluding hydrogens is 208 g/mol. The van der Waals surface area contributed by atoms with Crippen LogP contribution in [0.1, 0.15) is 0 Å². The Kier molecular flexibility index (Phi) is 4.22. The summed E-state index contributed by atoms with van der Waals surface area (Å²) in [4.78, 5) is 0. The average molecular weight is 215 g/mol. The maximum atomic E-state index is 2.55. The molecule has 0 aromatic carbocycles. The molecule has 1 unspecified atom stereocenters. The third-order valence-electron chi connectivity index (χ3n) is 0.739. The van der Waals surface area contributed by atoms with Crippen LogP contribution in [0.25, 0.3) is 0 Å². The van der Waals surface area contributed by atoms with E-state index >= 15 is 0 Å². The van der Waals surface area contributed by atoms with Gasteiger partial charge in [0.05, 0.1) is 0 Å². The van der Waals surface area contributed by atoms with Gasteiger partial charge in [0, 0.05) is 12.1 Å². The number of aromatic nitrogens is 1. The molecule has 8 heavy (non-hydrogen) atoms. The van der Waals surface area contributed by atoms with Gasteiger partial charge in [-0.05, 0) is 0 Å². The van der Waals surface area contributed by atoms with Crippen molar-refractivity contribution < 1.29 is 23.8 Å². The van der Waals surface area contributed by atoms with Crippen LogP contribution < -0.4 is 4.34 Å². The third kappa shape index (κ3) is 2.50. The molecule has 0 aliphatic rings. The van der Waals surface area contributed by atoms with Crippen LogP contribution >= 0.6 is 9.39 Å². The molecule has 42 valence electrons. The fraction of sp³-hybridized carbons (Fsp3) is 0. The Morgan fingerprint density at radius 1 is 1.00 bits per heavy atom. The van der Waals surface area contributed by atoms with Gasteiger partial charge in [0.15, 0.2) is 21.8 Å². The van der Waals surface area contributed by atoms with E-state index in [0.717, 1.165) is 0 Å². The fourth-order valence-electron chi connectivity index (χ4n) is 0.412. The molecule has 0 aliphatic heterocycles. The summed E-state index contributed by atoms with van der Waals surface area (Å²) in [5, 5.41) is 0.